The van der Waals surface area contributed by atoms with E-state index in [4.69, 9.17) is 16.4 Å². The molecule has 0 bridgehead atoms. The second-order valence-corrected chi connectivity index (χ2v) is 4.67. The predicted octanol–water partition coefficient (Wildman–Crippen LogP) is 3.86. The molecule has 2 nitrogen and oxygen atoms in total. The maximum Gasteiger partial charge on any atom is 0.0820 e. The first kappa shape index (κ1) is 14.1. The molecule has 100 valence electrons. The normalized spacial score (nSPS) is 10.8. The van der Waals surface area contributed by atoms with Gasteiger partial charge in [-0.05, 0) is 11.1 Å². The van der Waals surface area contributed by atoms with E-state index in [0.717, 1.165) is 13.1 Å². The highest BCUT2D eigenvalue weighted by Crippen LogP contribution is 2.10. The summed E-state index contributed by atoms with van der Waals surface area (Å²) in [6, 6.07) is 20.6. The second-order valence-electron chi connectivity index (χ2n) is 4.29. The number of hydrogen-bond acceptors (Lipinski definition) is 2. The van der Waals surface area contributed by atoms with E-state index in [1.54, 1.807) is 0 Å². The Morgan fingerprint density at radius 2 is 1.26 bits per heavy atom. The second kappa shape index (κ2) is 7.95. The summed E-state index contributed by atoms with van der Waals surface area (Å²) in [5.41, 5.74) is 2.46. The molecule has 19 heavy (non-hydrogen) atoms. The molecule has 2 aromatic rings. The first-order valence-corrected chi connectivity index (χ1v) is 6.93. The van der Waals surface area contributed by atoms with Crippen molar-refractivity contribution in [2.45, 2.75) is 13.1 Å². The van der Waals surface area contributed by atoms with Crippen molar-refractivity contribution in [1.29, 1.82) is 0 Å². The van der Waals surface area contributed by atoms with Gasteiger partial charge in [-0.1, -0.05) is 60.7 Å². The maximum atomic E-state index is 5.70. The van der Waals surface area contributed by atoms with Gasteiger partial charge < -0.3 is 0 Å². The van der Waals surface area contributed by atoms with Crippen LogP contribution in [0.4, 0.5) is 0 Å². The Morgan fingerprint density at radius 3 is 1.68 bits per heavy atom. The zero-order chi connectivity index (χ0) is 13.3. The van der Waals surface area contributed by atoms with E-state index in [9.17, 15) is 0 Å². The van der Waals surface area contributed by atoms with Crippen molar-refractivity contribution < 1.29 is 4.84 Å². The lowest BCUT2D eigenvalue weighted by molar-refractivity contribution is -0.168. The Morgan fingerprint density at radius 1 is 0.789 bits per heavy atom. The Labute approximate surface area is 119 Å². The molecular formula is C16H18ClNO. The van der Waals surface area contributed by atoms with Crippen LogP contribution in [0, 0.1) is 0 Å². The van der Waals surface area contributed by atoms with Gasteiger partial charge >= 0.3 is 0 Å². The minimum absolute atomic E-state index is 0.500. The van der Waals surface area contributed by atoms with Crippen molar-refractivity contribution in [3.8, 4) is 0 Å². The van der Waals surface area contributed by atoms with Gasteiger partial charge in [0.05, 0.1) is 6.61 Å². The van der Waals surface area contributed by atoms with Gasteiger partial charge in [-0.25, -0.2) is 0 Å². The van der Waals surface area contributed by atoms with Crippen LogP contribution < -0.4 is 0 Å². The van der Waals surface area contributed by atoms with Gasteiger partial charge in [-0.3, -0.25) is 4.84 Å². The van der Waals surface area contributed by atoms with E-state index in [-0.39, 0.29) is 0 Å². The highest BCUT2D eigenvalue weighted by Gasteiger charge is 2.07. The molecule has 0 spiro atoms. The van der Waals surface area contributed by atoms with Crippen LogP contribution in [0.5, 0.6) is 0 Å². The van der Waals surface area contributed by atoms with Gasteiger partial charge in [-0.15, -0.1) is 11.6 Å². The van der Waals surface area contributed by atoms with Crippen LogP contribution in [0.25, 0.3) is 0 Å². The average molecular weight is 276 g/mol. The lowest BCUT2D eigenvalue weighted by Crippen LogP contribution is -2.24. The number of nitrogens with zero attached hydrogens (tertiary/aromatic N) is 1. The van der Waals surface area contributed by atoms with Crippen molar-refractivity contribution in [1.82, 2.24) is 5.06 Å². The van der Waals surface area contributed by atoms with Gasteiger partial charge in [0, 0.05) is 19.0 Å². The van der Waals surface area contributed by atoms with Crippen molar-refractivity contribution in [2.24, 2.45) is 0 Å². The van der Waals surface area contributed by atoms with Gasteiger partial charge in [0.1, 0.15) is 0 Å². The molecule has 0 saturated heterocycles. The van der Waals surface area contributed by atoms with Gasteiger partial charge in [0.15, 0.2) is 0 Å². The molecular weight excluding hydrogens is 258 g/mol. The molecule has 0 aliphatic heterocycles. The molecule has 0 aliphatic carbocycles. The van der Waals surface area contributed by atoms with Crippen molar-refractivity contribution in [3.05, 3.63) is 71.8 Å². The molecule has 0 fully saturated rings. The lowest BCUT2D eigenvalue weighted by atomic mass is 10.2. The third-order valence-electron chi connectivity index (χ3n) is 2.75. The zero-order valence-corrected chi connectivity index (χ0v) is 11.6. The molecule has 3 heteroatoms. The van der Waals surface area contributed by atoms with Crippen LogP contribution in [0.15, 0.2) is 60.7 Å². The topological polar surface area (TPSA) is 12.5 Å². The van der Waals surface area contributed by atoms with Crippen molar-refractivity contribution in [3.63, 3.8) is 0 Å². The third-order valence-corrected chi connectivity index (χ3v) is 2.91. The summed E-state index contributed by atoms with van der Waals surface area (Å²) in [7, 11) is 0. The van der Waals surface area contributed by atoms with Gasteiger partial charge in [0.2, 0.25) is 0 Å². The van der Waals surface area contributed by atoms with E-state index in [2.05, 4.69) is 24.3 Å². The summed E-state index contributed by atoms with van der Waals surface area (Å²) in [5.74, 6) is 0.500. The number of hydrogen-bond donors (Lipinski definition) is 0. The molecule has 0 heterocycles. The molecule has 0 N–H and O–H groups in total. The largest absolute Gasteiger partial charge is 0.297 e. The van der Waals surface area contributed by atoms with E-state index in [1.165, 1.54) is 11.1 Å². The number of hydroxylamine groups is 2. The fourth-order valence-electron chi connectivity index (χ4n) is 1.88. The van der Waals surface area contributed by atoms with Crippen LogP contribution in [0.1, 0.15) is 11.1 Å². The molecule has 0 amide bonds. The predicted molar refractivity (Wildman–Crippen MR) is 78.8 cm³/mol. The fourth-order valence-corrected chi connectivity index (χ4v) is 1.95. The van der Waals surface area contributed by atoms with Crippen LogP contribution in [0.2, 0.25) is 0 Å². The molecule has 2 rings (SSSR count). The van der Waals surface area contributed by atoms with E-state index < -0.39 is 0 Å². The number of alkyl halides is 1. The first-order chi connectivity index (χ1) is 9.38. The Kier molecular flexibility index (Phi) is 5.89. The lowest BCUT2D eigenvalue weighted by Gasteiger charge is -2.21. The number of halogens is 1. The molecule has 0 unspecified atom stereocenters. The van der Waals surface area contributed by atoms with Crippen molar-refractivity contribution >= 4 is 11.6 Å². The Bertz CT molecular complexity index is 419. The molecule has 0 radical (unpaired) electrons. The standard InChI is InChI=1S/C16H18ClNO/c17-11-12-19-18(13-15-7-3-1-4-8-15)14-16-9-5-2-6-10-16/h1-10H,11-14H2. The minimum atomic E-state index is 0.500. The average Bonchev–Trinajstić information content (AvgIpc) is 2.47. The highest BCUT2D eigenvalue weighted by atomic mass is 35.5. The smallest absolute Gasteiger partial charge is 0.0820 e. The monoisotopic (exact) mass is 275 g/mol. The molecule has 0 atom stereocenters. The molecule has 2 aromatic carbocycles. The van der Waals surface area contributed by atoms with Crippen LogP contribution in [-0.4, -0.2) is 17.6 Å². The van der Waals surface area contributed by atoms with Crippen molar-refractivity contribution in [2.75, 3.05) is 12.5 Å². The van der Waals surface area contributed by atoms with Gasteiger partial charge in [0.25, 0.3) is 0 Å². The van der Waals surface area contributed by atoms with Gasteiger partial charge in [-0.2, -0.15) is 5.06 Å². The first-order valence-electron chi connectivity index (χ1n) is 6.40. The minimum Gasteiger partial charge on any atom is -0.297 e. The van der Waals surface area contributed by atoms with Crippen LogP contribution >= 0.6 is 11.6 Å². The fraction of sp³-hybridized carbons (Fsp3) is 0.250. The maximum absolute atomic E-state index is 5.70. The summed E-state index contributed by atoms with van der Waals surface area (Å²) >= 11 is 5.70. The summed E-state index contributed by atoms with van der Waals surface area (Å²) in [4.78, 5) is 5.70. The molecule has 0 saturated carbocycles. The quantitative estimate of drug-likeness (QED) is 0.562. The summed E-state index contributed by atoms with van der Waals surface area (Å²) in [6.45, 7) is 2.04. The van der Waals surface area contributed by atoms with E-state index in [0.29, 0.717) is 12.5 Å². The number of benzene rings is 2. The van der Waals surface area contributed by atoms with E-state index in [1.807, 2.05) is 41.5 Å². The zero-order valence-electron chi connectivity index (χ0n) is 10.8. The number of rotatable bonds is 7. The summed E-state index contributed by atoms with van der Waals surface area (Å²) in [6.07, 6.45) is 0. The third kappa shape index (κ3) is 5.03. The highest BCUT2D eigenvalue weighted by molar-refractivity contribution is 6.17. The summed E-state index contributed by atoms with van der Waals surface area (Å²) < 4.78 is 0. The Balaban J connectivity index is 1.99. The summed E-state index contributed by atoms with van der Waals surface area (Å²) in [5, 5.41) is 1.95. The van der Waals surface area contributed by atoms with Crippen LogP contribution in [-0.2, 0) is 17.9 Å². The Hall–Kier alpha value is -1.35. The van der Waals surface area contributed by atoms with Crippen LogP contribution in [0.3, 0.4) is 0 Å². The molecule has 0 aromatic heterocycles. The van der Waals surface area contributed by atoms with E-state index >= 15 is 0 Å². The SMILES string of the molecule is ClCCON(Cc1ccccc1)Cc1ccccc1. The molecule has 0 aliphatic rings.